The van der Waals surface area contributed by atoms with Crippen LogP contribution in [0.1, 0.15) is 41.4 Å². The summed E-state index contributed by atoms with van der Waals surface area (Å²) in [6.45, 7) is 4.37. The number of benzene rings is 2. The number of ether oxygens (including phenoxy) is 1. The van der Waals surface area contributed by atoms with E-state index in [9.17, 15) is 4.79 Å². The molecule has 1 aromatic heterocycles. The smallest absolute Gasteiger partial charge is 0.255 e. The average Bonchev–Trinajstić information content (AvgIpc) is 3.17. The lowest BCUT2D eigenvalue weighted by atomic mass is 10.0. The van der Waals surface area contributed by atoms with E-state index >= 15 is 0 Å². The first-order chi connectivity index (χ1) is 14.0. The van der Waals surface area contributed by atoms with E-state index in [0.29, 0.717) is 22.9 Å². The summed E-state index contributed by atoms with van der Waals surface area (Å²) in [7, 11) is 0. The second-order valence-corrected chi connectivity index (χ2v) is 7.20. The molecule has 1 heterocycles. The van der Waals surface area contributed by atoms with Crippen LogP contribution in [0.3, 0.4) is 0 Å². The zero-order valence-electron chi connectivity index (χ0n) is 16.2. The average molecular weight is 409 g/mol. The van der Waals surface area contributed by atoms with E-state index in [4.69, 9.17) is 21.6 Å². The maximum atomic E-state index is 12.8. The molecule has 7 heteroatoms. The van der Waals surface area contributed by atoms with Gasteiger partial charge in [-0.1, -0.05) is 37.6 Å². The van der Waals surface area contributed by atoms with Gasteiger partial charge in [0.15, 0.2) is 6.61 Å². The molecule has 29 heavy (non-hydrogen) atoms. The highest BCUT2D eigenvalue weighted by molar-refractivity contribution is 6.30. The van der Waals surface area contributed by atoms with E-state index in [1.54, 1.807) is 35.1 Å². The predicted molar refractivity (Wildman–Crippen MR) is 111 cm³/mol. The number of halogens is 1. The van der Waals surface area contributed by atoms with E-state index in [-0.39, 0.29) is 18.4 Å². The molecule has 0 radical (unpaired) electrons. The Hall–Kier alpha value is -3.30. The number of aromatic nitrogens is 2. The summed E-state index contributed by atoms with van der Waals surface area (Å²) in [4.78, 5) is 12.8. The van der Waals surface area contributed by atoms with E-state index < -0.39 is 0 Å². The van der Waals surface area contributed by atoms with Crippen LogP contribution in [-0.4, -0.2) is 22.3 Å². The standard InChI is InChI=1S/C22H21ClN4O2/c1-15(2)21-20(14-26-27(21)18-8-6-17(23)7-9-18)22(28)25-13-16-4-3-5-19(12-16)29-11-10-24/h3-9,12,14-15H,11,13H2,1-2H3,(H,25,28). The molecule has 2 aromatic carbocycles. The van der Waals surface area contributed by atoms with Gasteiger partial charge in [-0.25, -0.2) is 4.68 Å². The Kier molecular flexibility index (Phi) is 6.53. The van der Waals surface area contributed by atoms with Crippen LogP contribution in [0.15, 0.2) is 54.7 Å². The van der Waals surface area contributed by atoms with E-state index in [1.165, 1.54) is 0 Å². The van der Waals surface area contributed by atoms with Crippen LogP contribution in [0.25, 0.3) is 5.69 Å². The van der Waals surface area contributed by atoms with Gasteiger partial charge in [-0.2, -0.15) is 10.4 Å². The SMILES string of the molecule is CC(C)c1c(C(=O)NCc2cccc(OCC#N)c2)cnn1-c1ccc(Cl)cc1. The zero-order valence-corrected chi connectivity index (χ0v) is 17.0. The molecule has 0 aliphatic carbocycles. The number of hydrogen-bond acceptors (Lipinski definition) is 4. The summed E-state index contributed by atoms with van der Waals surface area (Å²) in [5, 5.41) is 16.6. The first-order valence-electron chi connectivity index (χ1n) is 9.20. The van der Waals surface area contributed by atoms with Crippen LogP contribution in [0, 0.1) is 11.3 Å². The Balaban J connectivity index is 1.78. The summed E-state index contributed by atoms with van der Waals surface area (Å²) >= 11 is 5.98. The molecule has 0 aliphatic heterocycles. The van der Waals surface area contributed by atoms with Crippen molar-refractivity contribution < 1.29 is 9.53 Å². The van der Waals surface area contributed by atoms with E-state index in [0.717, 1.165) is 16.9 Å². The third-order valence-corrected chi connectivity index (χ3v) is 4.58. The molecule has 1 amide bonds. The molecule has 0 atom stereocenters. The van der Waals surface area contributed by atoms with Crippen molar-refractivity contribution in [3.63, 3.8) is 0 Å². The van der Waals surface area contributed by atoms with Crippen molar-refractivity contribution in [2.24, 2.45) is 0 Å². The number of nitrogens with zero attached hydrogens (tertiary/aromatic N) is 3. The van der Waals surface area contributed by atoms with E-state index in [1.807, 2.05) is 44.2 Å². The zero-order chi connectivity index (χ0) is 20.8. The molecule has 0 aliphatic rings. The highest BCUT2D eigenvalue weighted by Crippen LogP contribution is 2.24. The molecule has 0 saturated heterocycles. The largest absolute Gasteiger partial charge is 0.479 e. The van der Waals surface area contributed by atoms with Crippen LogP contribution in [0.4, 0.5) is 0 Å². The predicted octanol–water partition coefficient (Wildman–Crippen LogP) is 4.48. The van der Waals surface area contributed by atoms with Crippen LogP contribution >= 0.6 is 11.6 Å². The summed E-state index contributed by atoms with van der Waals surface area (Å²) in [5.41, 5.74) is 3.09. The van der Waals surface area contributed by atoms with Crippen molar-refractivity contribution >= 4 is 17.5 Å². The highest BCUT2D eigenvalue weighted by atomic mass is 35.5. The molecule has 1 N–H and O–H groups in total. The molecule has 0 unspecified atom stereocenters. The lowest BCUT2D eigenvalue weighted by Gasteiger charge is -2.13. The van der Waals surface area contributed by atoms with Gasteiger partial charge in [0.2, 0.25) is 0 Å². The van der Waals surface area contributed by atoms with Gasteiger partial charge in [-0.15, -0.1) is 0 Å². The number of hydrogen-bond donors (Lipinski definition) is 1. The fraction of sp³-hybridized carbons (Fsp3) is 0.227. The van der Waals surface area contributed by atoms with Crippen molar-refractivity contribution in [1.82, 2.24) is 15.1 Å². The van der Waals surface area contributed by atoms with Gasteiger partial charge in [-0.3, -0.25) is 4.79 Å². The first-order valence-corrected chi connectivity index (χ1v) is 9.58. The number of rotatable bonds is 7. The molecule has 0 saturated carbocycles. The van der Waals surface area contributed by atoms with Crippen LogP contribution < -0.4 is 10.1 Å². The molecular formula is C22H21ClN4O2. The monoisotopic (exact) mass is 408 g/mol. The second-order valence-electron chi connectivity index (χ2n) is 6.76. The van der Waals surface area contributed by atoms with Gasteiger partial charge >= 0.3 is 0 Å². The molecule has 0 spiro atoms. The minimum absolute atomic E-state index is 0.0164. The van der Waals surface area contributed by atoms with Gasteiger partial charge in [0.1, 0.15) is 11.8 Å². The summed E-state index contributed by atoms with van der Waals surface area (Å²) in [6.07, 6.45) is 1.59. The van der Waals surface area contributed by atoms with Gasteiger partial charge < -0.3 is 10.1 Å². The van der Waals surface area contributed by atoms with Crippen LogP contribution in [-0.2, 0) is 6.54 Å². The minimum atomic E-state index is -0.197. The van der Waals surface area contributed by atoms with Crippen molar-refractivity contribution in [2.75, 3.05) is 6.61 Å². The fourth-order valence-electron chi connectivity index (χ4n) is 3.01. The minimum Gasteiger partial charge on any atom is -0.479 e. The Labute approximate surface area is 174 Å². The topological polar surface area (TPSA) is 79.9 Å². The van der Waals surface area contributed by atoms with Gasteiger partial charge in [-0.05, 0) is 47.9 Å². The molecule has 3 rings (SSSR count). The quantitative estimate of drug-likeness (QED) is 0.625. The number of carbonyl (C=O) groups excluding carboxylic acids is 1. The molecule has 148 valence electrons. The first kappa shape index (κ1) is 20.4. The molecule has 6 nitrogen and oxygen atoms in total. The number of nitriles is 1. The Morgan fingerprint density at radius 3 is 2.72 bits per heavy atom. The highest BCUT2D eigenvalue weighted by Gasteiger charge is 2.20. The van der Waals surface area contributed by atoms with Crippen molar-refractivity contribution in [3.8, 4) is 17.5 Å². The number of carbonyl (C=O) groups is 1. The maximum Gasteiger partial charge on any atom is 0.255 e. The molecule has 3 aromatic rings. The van der Waals surface area contributed by atoms with Crippen LogP contribution in [0.5, 0.6) is 5.75 Å². The summed E-state index contributed by atoms with van der Waals surface area (Å²) in [5.74, 6) is 0.491. The lowest BCUT2D eigenvalue weighted by molar-refractivity contribution is 0.0949. The fourth-order valence-corrected chi connectivity index (χ4v) is 3.14. The third kappa shape index (κ3) is 4.95. The lowest BCUT2D eigenvalue weighted by Crippen LogP contribution is -2.24. The second kappa shape index (κ2) is 9.26. The Bertz CT molecular complexity index is 1040. The van der Waals surface area contributed by atoms with Gasteiger partial charge in [0, 0.05) is 11.6 Å². The Morgan fingerprint density at radius 1 is 1.28 bits per heavy atom. The molecular weight excluding hydrogens is 388 g/mol. The van der Waals surface area contributed by atoms with Gasteiger partial charge in [0.05, 0.1) is 23.1 Å². The van der Waals surface area contributed by atoms with Crippen molar-refractivity contribution in [1.29, 1.82) is 5.26 Å². The van der Waals surface area contributed by atoms with Crippen molar-refractivity contribution in [3.05, 3.63) is 76.6 Å². The summed E-state index contributed by atoms with van der Waals surface area (Å²) in [6, 6.07) is 16.6. The van der Waals surface area contributed by atoms with Gasteiger partial charge in [0.25, 0.3) is 5.91 Å². The van der Waals surface area contributed by atoms with Crippen LogP contribution in [0.2, 0.25) is 5.02 Å². The maximum absolute atomic E-state index is 12.8. The molecule has 0 bridgehead atoms. The molecule has 0 fully saturated rings. The Morgan fingerprint density at radius 2 is 2.03 bits per heavy atom. The number of nitrogens with one attached hydrogen (secondary N) is 1. The normalized spacial score (nSPS) is 10.6. The third-order valence-electron chi connectivity index (χ3n) is 4.32. The van der Waals surface area contributed by atoms with Crippen molar-refractivity contribution in [2.45, 2.75) is 26.3 Å². The van der Waals surface area contributed by atoms with E-state index in [2.05, 4.69) is 10.4 Å². The number of amides is 1. The summed E-state index contributed by atoms with van der Waals surface area (Å²) < 4.78 is 7.07.